The first kappa shape index (κ1) is 18.6. The lowest BCUT2D eigenvalue weighted by Gasteiger charge is -2.55. The van der Waals surface area contributed by atoms with Crippen LogP contribution in [0.2, 0.25) is 0 Å². The zero-order valence-corrected chi connectivity index (χ0v) is 16.9. The van der Waals surface area contributed by atoms with Gasteiger partial charge in [-0.25, -0.2) is 4.98 Å². The standard InChI is InChI=1S/C24H30N4O/c25-23(29)21-9-5-11-26-24(21)27-14-18-12-19(16-27)22-10-4-8-20(28(22)15-18)13-17-6-2-1-3-7-17/h1-3,5-7,9,11,18-20,22H,4,8,10,12-16H2,(H2,25,29)/t18-,19+,20+,22-/m0/s1. The molecule has 0 spiro atoms. The van der Waals surface area contributed by atoms with E-state index in [1.54, 1.807) is 18.3 Å². The second kappa shape index (κ2) is 7.79. The van der Waals surface area contributed by atoms with Crippen molar-refractivity contribution in [3.63, 3.8) is 0 Å². The van der Waals surface area contributed by atoms with Crippen molar-refractivity contribution in [1.82, 2.24) is 9.88 Å². The minimum Gasteiger partial charge on any atom is -0.365 e. The maximum Gasteiger partial charge on any atom is 0.252 e. The van der Waals surface area contributed by atoms with E-state index in [0.29, 0.717) is 29.5 Å². The molecule has 5 rings (SSSR count). The van der Waals surface area contributed by atoms with Gasteiger partial charge in [0.25, 0.3) is 5.91 Å². The zero-order valence-electron chi connectivity index (χ0n) is 16.9. The lowest BCUT2D eigenvalue weighted by Crippen LogP contribution is -2.62. The molecule has 152 valence electrons. The number of nitrogens with zero attached hydrogens (tertiary/aromatic N) is 3. The summed E-state index contributed by atoms with van der Waals surface area (Å²) in [5, 5.41) is 0. The summed E-state index contributed by atoms with van der Waals surface area (Å²) in [6, 6.07) is 15.9. The SMILES string of the molecule is NC(=O)c1cccnc1N1C[C@@H]2C[C@H](C1)[C@@H]1CCC[C@H](Cc3ccccc3)N1C2. The van der Waals surface area contributed by atoms with Crippen molar-refractivity contribution in [1.29, 1.82) is 0 Å². The van der Waals surface area contributed by atoms with Gasteiger partial charge >= 0.3 is 0 Å². The summed E-state index contributed by atoms with van der Waals surface area (Å²) in [6.45, 7) is 3.11. The van der Waals surface area contributed by atoms with Gasteiger partial charge in [0, 0.05) is 37.9 Å². The van der Waals surface area contributed by atoms with Crippen molar-refractivity contribution < 1.29 is 4.79 Å². The Hall–Kier alpha value is -2.40. The molecule has 5 heteroatoms. The van der Waals surface area contributed by atoms with E-state index >= 15 is 0 Å². The fourth-order valence-corrected chi connectivity index (χ4v) is 6.03. The molecule has 0 saturated carbocycles. The Labute approximate surface area is 172 Å². The topological polar surface area (TPSA) is 62.5 Å². The van der Waals surface area contributed by atoms with E-state index in [1.807, 2.05) is 0 Å². The monoisotopic (exact) mass is 390 g/mol. The predicted molar refractivity (Wildman–Crippen MR) is 115 cm³/mol. The maximum atomic E-state index is 11.9. The molecule has 1 aromatic carbocycles. The first-order valence-electron chi connectivity index (χ1n) is 11.0. The van der Waals surface area contributed by atoms with Crippen molar-refractivity contribution >= 4 is 11.7 Å². The van der Waals surface area contributed by atoms with E-state index in [1.165, 1.54) is 31.2 Å². The first-order valence-corrected chi connectivity index (χ1v) is 11.0. The lowest BCUT2D eigenvalue weighted by atomic mass is 9.74. The van der Waals surface area contributed by atoms with Crippen molar-refractivity contribution in [2.45, 2.75) is 44.2 Å². The third-order valence-electron chi connectivity index (χ3n) is 7.18. The minimum atomic E-state index is -0.383. The Bertz CT molecular complexity index is 870. The van der Waals surface area contributed by atoms with Gasteiger partial charge in [0.2, 0.25) is 0 Å². The molecule has 0 unspecified atom stereocenters. The highest BCUT2D eigenvalue weighted by Gasteiger charge is 2.45. The second-order valence-electron chi connectivity index (χ2n) is 9.04. The Morgan fingerprint density at radius 2 is 1.93 bits per heavy atom. The van der Waals surface area contributed by atoms with Gasteiger partial charge in [0.1, 0.15) is 5.82 Å². The van der Waals surface area contributed by atoms with E-state index in [-0.39, 0.29) is 5.91 Å². The third-order valence-corrected chi connectivity index (χ3v) is 7.18. The van der Waals surface area contributed by atoms with E-state index in [0.717, 1.165) is 31.9 Å². The van der Waals surface area contributed by atoms with Crippen LogP contribution < -0.4 is 10.6 Å². The van der Waals surface area contributed by atoms with Crippen molar-refractivity contribution in [2.24, 2.45) is 17.6 Å². The number of amides is 1. The Balaban J connectivity index is 1.35. The number of primary amides is 1. The molecule has 3 aliphatic rings. The molecule has 3 aliphatic heterocycles. The van der Waals surface area contributed by atoms with Crippen LogP contribution >= 0.6 is 0 Å². The number of anilines is 1. The number of benzene rings is 1. The number of hydrogen-bond donors (Lipinski definition) is 1. The van der Waals surface area contributed by atoms with Crippen LogP contribution in [0.3, 0.4) is 0 Å². The molecule has 1 amide bonds. The molecule has 4 atom stereocenters. The average molecular weight is 391 g/mol. The van der Waals surface area contributed by atoms with Crippen LogP contribution in [0.4, 0.5) is 5.82 Å². The quantitative estimate of drug-likeness (QED) is 0.871. The molecule has 1 aromatic heterocycles. The molecule has 5 nitrogen and oxygen atoms in total. The summed E-state index contributed by atoms with van der Waals surface area (Å²) in [5.74, 6) is 1.67. The molecule has 3 fully saturated rings. The van der Waals surface area contributed by atoms with Gasteiger partial charge in [0.05, 0.1) is 5.56 Å². The molecular weight excluding hydrogens is 360 g/mol. The molecule has 0 aliphatic carbocycles. The van der Waals surface area contributed by atoms with Gasteiger partial charge in [-0.3, -0.25) is 9.69 Å². The first-order chi connectivity index (χ1) is 14.2. The maximum absolute atomic E-state index is 11.9. The number of rotatable bonds is 4. The fourth-order valence-electron chi connectivity index (χ4n) is 6.03. The summed E-state index contributed by atoms with van der Waals surface area (Å²) in [4.78, 5) is 21.6. The fraction of sp³-hybridized carbons (Fsp3) is 0.500. The van der Waals surface area contributed by atoms with Gasteiger partial charge in [0.15, 0.2) is 0 Å². The predicted octanol–water partition coefficient (Wildman–Crippen LogP) is 3.10. The van der Waals surface area contributed by atoms with Gasteiger partial charge in [-0.05, 0) is 55.2 Å². The molecular formula is C24H30N4O. The highest BCUT2D eigenvalue weighted by molar-refractivity contribution is 5.97. The number of carbonyl (C=O) groups excluding carboxylic acids is 1. The molecule has 4 heterocycles. The summed E-state index contributed by atoms with van der Waals surface area (Å²) in [5.41, 5.74) is 7.63. The average Bonchev–Trinajstić information content (AvgIpc) is 2.75. The van der Waals surface area contributed by atoms with Crippen molar-refractivity contribution in [3.8, 4) is 0 Å². The normalized spacial score (nSPS) is 29.3. The molecule has 2 aromatic rings. The number of fused-ring (bicyclic) bond motifs is 4. The van der Waals surface area contributed by atoms with Crippen LogP contribution in [0.1, 0.15) is 41.6 Å². The van der Waals surface area contributed by atoms with E-state index in [2.05, 4.69) is 45.1 Å². The number of carbonyl (C=O) groups is 1. The molecule has 3 saturated heterocycles. The van der Waals surface area contributed by atoms with Crippen LogP contribution in [-0.4, -0.2) is 47.5 Å². The Morgan fingerprint density at radius 1 is 1.07 bits per heavy atom. The molecule has 2 N–H and O–H groups in total. The van der Waals surface area contributed by atoms with E-state index in [4.69, 9.17) is 5.73 Å². The summed E-state index contributed by atoms with van der Waals surface area (Å²) in [7, 11) is 0. The summed E-state index contributed by atoms with van der Waals surface area (Å²) >= 11 is 0. The number of pyridine rings is 1. The van der Waals surface area contributed by atoms with Gasteiger partial charge < -0.3 is 10.6 Å². The van der Waals surface area contributed by atoms with Crippen LogP contribution in [0.5, 0.6) is 0 Å². The van der Waals surface area contributed by atoms with Gasteiger partial charge in [-0.15, -0.1) is 0 Å². The lowest BCUT2D eigenvalue weighted by molar-refractivity contribution is -0.0187. The largest absolute Gasteiger partial charge is 0.365 e. The Kier molecular flexibility index (Phi) is 5.00. The number of aromatic nitrogens is 1. The van der Waals surface area contributed by atoms with Crippen LogP contribution in [0.15, 0.2) is 48.7 Å². The van der Waals surface area contributed by atoms with Gasteiger partial charge in [-0.2, -0.15) is 0 Å². The second-order valence-corrected chi connectivity index (χ2v) is 9.04. The molecule has 29 heavy (non-hydrogen) atoms. The van der Waals surface area contributed by atoms with Gasteiger partial charge in [-0.1, -0.05) is 36.8 Å². The number of hydrogen-bond acceptors (Lipinski definition) is 4. The third kappa shape index (κ3) is 3.64. The van der Waals surface area contributed by atoms with E-state index in [9.17, 15) is 4.79 Å². The molecule has 2 bridgehead atoms. The highest BCUT2D eigenvalue weighted by atomic mass is 16.1. The molecule has 0 radical (unpaired) electrons. The van der Waals surface area contributed by atoms with E-state index < -0.39 is 0 Å². The highest BCUT2D eigenvalue weighted by Crippen LogP contribution is 2.41. The minimum absolute atomic E-state index is 0.383. The van der Waals surface area contributed by atoms with Crippen molar-refractivity contribution in [2.75, 3.05) is 24.5 Å². The number of nitrogens with two attached hydrogens (primary N) is 1. The zero-order chi connectivity index (χ0) is 19.8. The van der Waals surface area contributed by atoms with Crippen molar-refractivity contribution in [3.05, 3.63) is 59.8 Å². The smallest absolute Gasteiger partial charge is 0.252 e. The van der Waals surface area contributed by atoms with Crippen LogP contribution in [0, 0.1) is 11.8 Å². The summed E-state index contributed by atoms with van der Waals surface area (Å²) in [6.07, 6.45) is 8.15. The van der Waals surface area contributed by atoms with Crippen LogP contribution in [0.25, 0.3) is 0 Å². The number of piperidine rings is 3. The Morgan fingerprint density at radius 3 is 2.76 bits per heavy atom. The van der Waals surface area contributed by atoms with Crippen LogP contribution in [-0.2, 0) is 6.42 Å². The summed E-state index contributed by atoms with van der Waals surface area (Å²) < 4.78 is 0.